The van der Waals surface area contributed by atoms with Crippen LogP contribution in [0.4, 0.5) is 17.5 Å². The third kappa shape index (κ3) is 5.44. The SMILES string of the molecule is COc1ccc(SN2CCN(c3nc(C)cc(Nc4ccc(C)cc4)n3)CC2)cc1OC. The second-order valence-electron chi connectivity index (χ2n) is 7.71. The van der Waals surface area contributed by atoms with E-state index in [1.807, 2.05) is 25.1 Å². The average molecular weight is 452 g/mol. The number of ether oxygens (including phenoxy) is 2. The fourth-order valence-corrected chi connectivity index (χ4v) is 4.48. The Morgan fingerprint density at radius 2 is 1.56 bits per heavy atom. The van der Waals surface area contributed by atoms with Gasteiger partial charge in [0.1, 0.15) is 5.82 Å². The Morgan fingerprint density at radius 1 is 0.844 bits per heavy atom. The molecule has 2 aromatic carbocycles. The van der Waals surface area contributed by atoms with Gasteiger partial charge in [0.2, 0.25) is 5.95 Å². The van der Waals surface area contributed by atoms with Crippen molar-refractivity contribution in [1.29, 1.82) is 0 Å². The third-order valence-electron chi connectivity index (χ3n) is 5.28. The van der Waals surface area contributed by atoms with Crippen LogP contribution in [0.2, 0.25) is 0 Å². The van der Waals surface area contributed by atoms with Crippen molar-refractivity contribution in [3.8, 4) is 11.5 Å². The summed E-state index contributed by atoms with van der Waals surface area (Å²) in [5, 5.41) is 3.40. The molecule has 0 unspecified atom stereocenters. The molecule has 1 N–H and O–H groups in total. The molecule has 7 nitrogen and oxygen atoms in total. The molecule has 1 aliphatic heterocycles. The lowest BCUT2D eigenvalue weighted by Crippen LogP contribution is -2.44. The van der Waals surface area contributed by atoms with Gasteiger partial charge in [-0.15, -0.1) is 0 Å². The molecule has 1 aromatic heterocycles. The molecule has 4 rings (SSSR count). The Kier molecular flexibility index (Phi) is 7.02. The first-order chi connectivity index (χ1) is 15.5. The number of nitrogens with one attached hydrogen (secondary N) is 1. The number of nitrogens with zero attached hydrogens (tertiary/aromatic N) is 4. The zero-order chi connectivity index (χ0) is 22.5. The standard InChI is InChI=1S/C24H29N5O2S/c1-17-5-7-19(8-6-17)26-23-15-18(2)25-24(27-23)28-11-13-29(14-12-28)32-20-9-10-21(30-3)22(16-20)31-4/h5-10,15-16H,11-14H2,1-4H3,(H,25,26,27). The van der Waals surface area contributed by atoms with E-state index in [0.717, 1.165) is 65.7 Å². The minimum Gasteiger partial charge on any atom is -0.493 e. The second-order valence-corrected chi connectivity index (χ2v) is 8.88. The van der Waals surface area contributed by atoms with Crippen LogP contribution in [0.25, 0.3) is 0 Å². The van der Waals surface area contributed by atoms with Crippen LogP contribution < -0.4 is 19.7 Å². The summed E-state index contributed by atoms with van der Waals surface area (Å²) in [7, 11) is 3.31. The predicted octanol–water partition coefficient (Wildman–Crippen LogP) is 4.68. The summed E-state index contributed by atoms with van der Waals surface area (Å²) in [6.07, 6.45) is 0. The van der Waals surface area contributed by atoms with E-state index in [1.54, 1.807) is 26.2 Å². The normalized spacial score (nSPS) is 14.3. The van der Waals surface area contributed by atoms with E-state index >= 15 is 0 Å². The maximum atomic E-state index is 5.42. The molecule has 0 atom stereocenters. The van der Waals surface area contributed by atoms with Gasteiger partial charge in [-0.1, -0.05) is 17.7 Å². The number of hydrogen-bond acceptors (Lipinski definition) is 8. The first-order valence-corrected chi connectivity index (χ1v) is 11.4. The number of piperazine rings is 1. The van der Waals surface area contributed by atoms with Gasteiger partial charge in [-0.05, 0) is 56.1 Å². The first kappa shape index (κ1) is 22.2. The monoisotopic (exact) mass is 451 g/mol. The quantitative estimate of drug-likeness (QED) is 0.520. The maximum absolute atomic E-state index is 5.42. The van der Waals surface area contributed by atoms with Crippen LogP contribution in [0.15, 0.2) is 53.4 Å². The molecular formula is C24H29N5O2S. The van der Waals surface area contributed by atoms with Crippen LogP contribution >= 0.6 is 11.9 Å². The highest BCUT2D eigenvalue weighted by atomic mass is 32.2. The molecule has 32 heavy (non-hydrogen) atoms. The van der Waals surface area contributed by atoms with Gasteiger partial charge in [-0.2, -0.15) is 4.98 Å². The smallest absolute Gasteiger partial charge is 0.227 e. The van der Waals surface area contributed by atoms with Gasteiger partial charge in [-0.3, -0.25) is 0 Å². The van der Waals surface area contributed by atoms with Gasteiger partial charge in [0.15, 0.2) is 11.5 Å². The second kappa shape index (κ2) is 10.1. The van der Waals surface area contributed by atoms with E-state index in [1.165, 1.54) is 5.56 Å². The largest absolute Gasteiger partial charge is 0.493 e. The van der Waals surface area contributed by atoms with Crippen molar-refractivity contribution < 1.29 is 9.47 Å². The van der Waals surface area contributed by atoms with Gasteiger partial charge < -0.3 is 19.7 Å². The van der Waals surface area contributed by atoms with E-state index in [4.69, 9.17) is 14.5 Å². The minimum absolute atomic E-state index is 0.744. The summed E-state index contributed by atoms with van der Waals surface area (Å²) >= 11 is 1.74. The Balaban J connectivity index is 1.38. The van der Waals surface area contributed by atoms with E-state index in [0.29, 0.717) is 0 Å². The van der Waals surface area contributed by atoms with Gasteiger partial charge in [0.25, 0.3) is 0 Å². The zero-order valence-corrected chi connectivity index (χ0v) is 19.8. The van der Waals surface area contributed by atoms with Crippen molar-refractivity contribution in [3.63, 3.8) is 0 Å². The summed E-state index contributed by atoms with van der Waals surface area (Å²) < 4.78 is 13.1. The lowest BCUT2D eigenvalue weighted by molar-refractivity contribution is 0.354. The van der Waals surface area contributed by atoms with E-state index in [-0.39, 0.29) is 0 Å². The fraction of sp³-hybridized carbons (Fsp3) is 0.333. The van der Waals surface area contributed by atoms with Crippen LogP contribution in [0.3, 0.4) is 0 Å². The molecular weight excluding hydrogens is 422 g/mol. The molecule has 168 valence electrons. The molecule has 0 bridgehead atoms. The topological polar surface area (TPSA) is 62.8 Å². The van der Waals surface area contributed by atoms with Crippen molar-refractivity contribution in [1.82, 2.24) is 14.3 Å². The fourth-order valence-electron chi connectivity index (χ4n) is 3.54. The Bertz CT molecular complexity index is 1050. The molecule has 1 saturated heterocycles. The van der Waals surface area contributed by atoms with Crippen LogP contribution in [-0.4, -0.2) is 54.7 Å². The number of aromatic nitrogens is 2. The van der Waals surface area contributed by atoms with Crippen LogP contribution in [-0.2, 0) is 0 Å². The van der Waals surface area contributed by atoms with Crippen molar-refractivity contribution >= 4 is 29.4 Å². The van der Waals surface area contributed by atoms with Crippen molar-refractivity contribution in [2.24, 2.45) is 0 Å². The molecule has 8 heteroatoms. The number of anilines is 3. The number of aryl methyl sites for hydroxylation is 2. The minimum atomic E-state index is 0.744. The van der Waals surface area contributed by atoms with Gasteiger partial charge >= 0.3 is 0 Å². The van der Waals surface area contributed by atoms with Crippen LogP contribution in [0.1, 0.15) is 11.3 Å². The summed E-state index contributed by atoms with van der Waals surface area (Å²) in [6, 6.07) is 16.3. The lowest BCUT2D eigenvalue weighted by atomic mass is 10.2. The molecule has 0 amide bonds. The van der Waals surface area contributed by atoms with Crippen LogP contribution in [0, 0.1) is 13.8 Å². The number of hydrogen-bond donors (Lipinski definition) is 1. The highest BCUT2D eigenvalue weighted by Crippen LogP contribution is 2.33. The van der Waals surface area contributed by atoms with E-state index in [9.17, 15) is 0 Å². The van der Waals surface area contributed by atoms with Crippen molar-refractivity contribution in [2.45, 2.75) is 18.7 Å². The summed E-state index contributed by atoms with van der Waals surface area (Å²) in [5.41, 5.74) is 3.21. The first-order valence-electron chi connectivity index (χ1n) is 10.6. The van der Waals surface area contributed by atoms with E-state index in [2.05, 4.69) is 56.8 Å². The highest BCUT2D eigenvalue weighted by Gasteiger charge is 2.21. The number of rotatable bonds is 7. The molecule has 0 saturated carbocycles. The van der Waals surface area contributed by atoms with Gasteiger partial charge in [0.05, 0.1) is 14.2 Å². The third-order valence-corrected chi connectivity index (χ3v) is 6.37. The summed E-state index contributed by atoms with van der Waals surface area (Å²) in [4.78, 5) is 12.8. The lowest BCUT2D eigenvalue weighted by Gasteiger charge is -2.34. The molecule has 0 aliphatic carbocycles. The van der Waals surface area contributed by atoms with Crippen molar-refractivity contribution in [2.75, 3.05) is 50.6 Å². The summed E-state index contributed by atoms with van der Waals surface area (Å²) in [5.74, 6) is 3.08. The Morgan fingerprint density at radius 3 is 2.25 bits per heavy atom. The molecule has 1 fully saturated rings. The van der Waals surface area contributed by atoms with Gasteiger partial charge in [0, 0.05) is 48.5 Å². The molecule has 0 radical (unpaired) electrons. The molecule has 1 aliphatic rings. The molecule has 0 spiro atoms. The zero-order valence-electron chi connectivity index (χ0n) is 19.0. The Labute approximate surface area is 193 Å². The van der Waals surface area contributed by atoms with Crippen LogP contribution in [0.5, 0.6) is 11.5 Å². The Hall–Kier alpha value is -2.97. The molecule has 2 heterocycles. The van der Waals surface area contributed by atoms with E-state index < -0.39 is 0 Å². The molecule has 3 aromatic rings. The number of benzene rings is 2. The summed E-state index contributed by atoms with van der Waals surface area (Å²) in [6.45, 7) is 7.66. The van der Waals surface area contributed by atoms with Crippen molar-refractivity contribution in [3.05, 3.63) is 59.8 Å². The number of methoxy groups -OCH3 is 2. The highest BCUT2D eigenvalue weighted by molar-refractivity contribution is 7.97. The maximum Gasteiger partial charge on any atom is 0.227 e. The average Bonchev–Trinajstić information content (AvgIpc) is 2.80. The predicted molar refractivity (Wildman–Crippen MR) is 130 cm³/mol. The van der Waals surface area contributed by atoms with Gasteiger partial charge in [-0.25, -0.2) is 9.29 Å².